The number of guanidine groups is 1. The van der Waals surface area contributed by atoms with E-state index in [9.17, 15) is 14.4 Å². The molecular weight excluding hydrogens is 697 g/mol. The van der Waals surface area contributed by atoms with Crippen molar-refractivity contribution in [2.24, 2.45) is 16.8 Å². The number of aromatic amines is 2. The topological polar surface area (TPSA) is 173 Å². The number of carbonyl (C=O) groups excluding carboxylic acids is 3. The van der Waals surface area contributed by atoms with Crippen molar-refractivity contribution in [2.45, 2.75) is 77.5 Å². The molecule has 3 amide bonds. The molecule has 55 heavy (non-hydrogen) atoms. The molecule has 14 heteroatoms. The summed E-state index contributed by atoms with van der Waals surface area (Å²) in [4.78, 5) is 63.9. The average Bonchev–Trinajstić information content (AvgIpc) is 4.05. The Bertz CT molecular complexity index is 2000. The van der Waals surface area contributed by atoms with Gasteiger partial charge in [0.05, 0.1) is 49.5 Å². The maximum Gasteiger partial charge on any atom is 0.407 e. The number of amides is 3. The number of aromatic nitrogens is 4. The molecule has 0 aliphatic carbocycles. The van der Waals surface area contributed by atoms with Gasteiger partial charge in [-0.05, 0) is 59.8 Å². The second-order valence-corrected chi connectivity index (χ2v) is 15.3. The molecule has 5 N–H and O–H groups in total. The third-order valence-electron chi connectivity index (χ3n) is 10.9. The quantitative estimate of drug-likeness (QED) is 0.135. The zero-order chi connectivity index (χ0) is 38.6. The molecule has 0 saturated carbocycles. The molecule has 290 valence electrons. The summed E-state index contributed by atoms with van der Waals surface area (Å²) in [5.74, 6) is 2.20. The zero-order valence-electron chi connectivity index (χ0n) is 32.3. The Balaban J connectivity index is 0.994. The van der Waals surface area contributed by atoms with E-state index in [1.54, 1.807) is 0 Å². The van der Waals surface area contributed by atoms with Gasteiger partial charge in [0.2, 0.25) is 11.8 Å². The number of hydrogen-bond donors (Lipinski definition) is 5. The maximum absolute atomic E-state index is 13.8. The van der Waals surface area contributed by atoms with Crippen LogP contribution < -0.4 is 16.0 Å². The number of hydrogen-bond acceptors (Lipinski definition) is 9. The number of nitrogens with one attached hydrogen (secondary N) is 5. The molecule has 4 atom stereocenters. The Hall–Kier alpha value is -5.66. The number of nitrogens with zero attached hydrogens (tertiary/aromatic N) is 5. The summed E-state index contributed by atoms with van der Waals surface area (Å²) in [5, 5.41) is 9.27. The van der Waals surface area contributed by atoms with Gasteiger partial charge >= 0.3 is 6.09 Å². The number of likely N-dealkylation sites (tertiary alicyclic amines) is 2. The highest BCUT2D eigenvalue weighted by molar-refractivity contribution is 5.90. The number of benzene rings is 2. The minimum atomic E-state index is -0.678. The van der Waals surface area contributed by atoms with Crippen LogP contribution in [-0.4, -0.2) is 99.0 Å². The van der Waals surface area contributed by atoms with Gasteiger partial charge in [-0.3, -0.25) is 14.6 Å². The molecule has 0 radical (unpaired) electrons. The van der Waals surface area contributed by atoms with Crippen LogP contribution >= 0.6 is 0 Å². The molecule has 3 aliphatic rings. The fourth-order valence-corrected chi connectivity index (χ4v) is 7.83. The second kappa shape index (κ2) is 16.4. The van der Waals surface area contributed by atoms with Crippen molar-refractivity contribution in [3.63, 3.8) is 0 Å². The van der Waals surface area contributed by atoms with Gasteiger partial charge < -0.3 is 40.5 Å². The number of methoxy groups -OCH3 is 1. The molecule has 7 rings (SSSR count). The number of imidazole rings is 2. The number of rotatable bonds is 11. The van der Waals surface area contributed by atoms with E-state index in [0.717, 1.165) is 84.1 Å². The number of carbonyl (C=O) groups is 3. The van der Waals surface area contributed by atoms with Crippen LogP contribution in [0.5, 0.6) is 0 Å². The van der Waals surface area contributed by atoms with Crippen LogP contribution in [0.2, 0.25) is 0 Å². The Morgan fingerprint density at radius 1 is 0.727 bits per heavy atom. The minimum absolute atomic E-state index is 0.0776. The Kier molecular flexibility index (Phi) is 11.2. The van der Waals surface area contributed by atoms with E-state index in [1.165, 1.54) is 7.11 Å². The number of aliphatic imine (C=N–C) groups is 1. The van der Waals surface area contributed by atoms with Crippen LogP contribution in [0.4, 0.5) is 4.79 Å². The van der Waals surface area contributed by atoms with Crippen LogP contribution in [0.25, 0.3) is 33.6 Å². The van der Waals surface area contributed by atoms with E-state index in [4.69, 9.17) is 9.72 Å². The maximum atomic E-state index is 13.8. The van der Waals surface area contributed by atoms with Crippen molar-refractivity contribution in [3.8, 4) is 33.6 Å². The van der Waals surface area contributed by atoms with Crippen molar-refractivity contribution >= 4 is 23.9 Å². The second-order valence-electron chi connectivity index (χ2n) is 15.3. The normalized spacial score (nSPS) is 19.4. The first-order chi connectivity index (χ1) is 26.6. The Labute approximate surface area is 321 Å². The number of ether oxygens (including phenoxy) is 1. The van der Waals surface area contributed by atoms with Gasteiger partial charge in [-0.2, -0.15) is 0 Å². The first-order valence-corrected chi connectivity index (χ1v) is 19.4. The molecular formula is C41H52N10O4. The molecule has 0 spiro atoms. The third-order valence-corrected chi connectivity index (χ3v) is 10.9. The standard InChI is InChI=1S/C41H52N10O4/c1-24(2)34(48-40-42-18-19-43-40)38(52)50-20-6-8-32(50)36-44-22-30(46-36)28-14-10-26(11-15-28)27-12-16-29(17-13-27)31-23-45-37(47-31)33-9-7-21-51(33)39(53)35(25(3)4)49-41(54)55-5/h10-17,22-25,32-35H,6-9,18-21H2,1-5H3,(H,44,46)(H,45,47)(H,49,54)(H2,42,43,48)/t32-,33-,34+,35-/m0/s1. The number of alkyl carbamates (subject to hydrolysis) is 1. The van der Waals surface area contributed by atoms with Crippen molar-refractivity contribution in [2.75, 3.05) is 33.3 Å². The van der Waals surface area contributed by atoms with E-state index in [2.05, 4.69) is 98.3 Å². The first kappa shape index (κ1) is 37.6. The highest BCUT2D eigenvalue weighted by Gasteiger charge is 2.39. The SMILES string of the molecule is COC(=O)N[C@H](C(=O)N1CCC[C@H]1c1ncc(-c2ccc(-c3ccc(-c4cnc([C@@H]5CCCN5C(=O)[C@H](NC5=NCCN5)C(C)C)[nH]4)cc3)cc2)[nH]1)C(C)C. The average molecular weight is 749 g/mol. The molecule has 0 unspecified atom stereocenters. The van der Waals surface area contributed by atoms with E-state index in [1.807, 2.05) is 36.0 Å². The molecule has 14 nitrogen and oxygen atoms in total. The predicted octanol–water partition coefficient (Wildman–Crippen LogP) is 5.41. The van der Waals surface area contributed by atoms with Crippen molar-refractivity contribution < 1.29 is 19.1 Å². The zero-order valence-corrected chi connectivity index (χ0v) is 32.3. The fourth-order valence-electron chi connectivity index (χ4n) is 7.83. The molecule has 2 saturated heterocycles. The minimum Gasteiger partial charge on any atom is -0.453 e. The van der Waals surface area contributed by atoms with Gasteiger partial charge in [0, 0.05) is 19.6 Å². The van der Waals surface area contributed by atoms with E-state index < -0.39 is 12.1 Å². The molecule has 4 aromatic rings. The monoisotopic (exact) mass is 748 g/mol. The van der Waals surface area contributed by atoms with Crippen molar-refractivity contribution in [1.29, 1.82) is 0 Å². The lowest BCUT2D eigenvalue weighted by Crippen LogP contribution is -2.53. The summed E-state index contributed by atoms with van der Waals surface area (Å²) in [6.45, 7) is 10.7. The van der Waals surface area contributed by atoms with Crippen LogP contribution in [0, 0.1) is 11.8 Å². The molecule has 0 bridgehead atoms. The third kappa shape index (κ3) is 8.08. The summed E-state index contributed by atoms with van der Waals surface area (Å²) in [6, 6.07) is 15.4. The molecule has 2 aromatic heterocycles. The van der Waals surface area contributed by atoms with Gasteiger partial charge in [0.25, 0.3) is 0 Å². The highest BCUT2D eigenvalue weighted by atomic mass is 16.5. The lowest BCUT2D eigenvalue weighted by atomic mass is 10.0. The van der Waals surface area contributed by atoms with E-state index in [0.29, 0.717) is 19.0 Å². The van der Waals surface area contributed by atoms with E-state index >= 15 is 0 Å². The van der Waals surface area contributed by atoms with Gasteiger partial charge in [-0.15, -0.1) is 0 Å². The van der Waals surface area contributed by atoms with E-state index in [-0.39, 0.29) is 41.8 Å². The van der Waals surface area contributed by atoms with Gasteiger partial charge in [-0.25, -0.2) is 14.8 Å². The predicted molar refractivity (Wildman–Crippen MR) is 211 cm³/mol. The first-order valence-electron chi connectivity index (χ1n) is 19.4. The van der Waals surface area contributed by atoms with Gasteiger partial charge in [-0.1, -0.05) is 76.2 Å². The summed E-state index contributed by atoms with van der Waals surface area (Å²) in [5.41, 5.74) is 5.97. The lowest BCUT2D eigenvalue weighted by molar-refractivity contribution is -0.136. The van der Waals surface area contributed by atoms with Crippen LogP contribution in [0.15, 0.2) is 65.9 Å². The van der Waals surface area contributed by atoms with Crippen LogP contribution in [-0.2, 0) is 14.3 Å². The molecule has 2 aromatic carbocycles. The molecule has 2 fully saturated rings. The Morgan fingerprint density at radius 3 is 1.64 bits per heavy atom. The Morgan fingerprint density at radius 2 is 1.20 bits per heavy atom. The van der Waals surface area contributed by atoms with Crippen molar-refractivity contribution in [3.05, 3.63) is 72.6 Å². The number of H-pyrrole nitrogens is 2. The summed E-state index contributed by atoms with van der Waals surface area (Å²) in [7, 11) is 1.30. The fraction of sp³-hybridized carbons (Fsp3) is 0.463. The van der Waals surface area contributed by atoms with Crippen LogP contribution in [0.1, 0.15) is 77.1 Å². The smallest absolute Gasteiger partial charge is 0.407 e. The molecule has 5 heterocycles. The lowest BCUT2D eigenvalue weighted by Gasteiger charge is -2.30. The van der Waals surface area contributed by atoms with Gasteiger partial charge in [0.1, 0.15) is 23.7 Å². The summed E-state index contributed by atoms with van der Waals surface area (Å²) < 4.78 is 4.76. The summed E-state index contributed by atoms with van der Waals surface area (Å²) >= 11 is 0. The summed E-state index contributed by atoms with van der Waals surface area (Å²) in [6.07, 6.45) is 6.50. The highest BCUT2D eigenvalue weighted by Crippen LogP contribution is 2.35. The van der Waals surface area contributed by atoms with Crippen molar-refractivity contribution in [1.82, 2.24) is 45.7 Å². The van der Waals surface area contributed by atoms with Gasteiger partial charge in [0.15, 0.2) is 5.96 Å². The largest absolute Gasteiger partial charge is 0.453 e. The van der Waals surface area contributed by atoms with Crippen LogP contribution in [0.3, 0.4) is 0 Å². The molecule has 3 aliphatic heterocycles.